The van der Waals surface area contributed by atoms with Crippen LogP contribution in [-0.4, -0.2) is 58.8 Å². The number of alkyl halides is 3. The summed E-state index contributed by atoms with van der Waals surface area (Å²) in [5.74, 6) is -3.70. The van der Waals surface area contributed by atoms with Crippen molar-refractivity contribution in [3.05, 3.63) is 65.4 Å². The quantitative estimate of drug-likeness (QED) is 0.160. The van der Waals surface area contributed by atoms with Gasteiger partial charge in [-0.05, 0) is 49.9 Å². The number of esters is 1. The normalized spacial score (nSPS) is 16.8. The number of rotatable bonds is 8. The van der Waals surface area contributed by atoms with Crippen LogP contribution in [0.3, 0.4) is 0 Å². The maximum Gasteiger partial charge on any atom is 0.491 e. The highest BCUT2D eigenvalue weighted by Gasteiger charge is 2.42. The number of para-hydroxylation sites is 1. The Hall–Kier alpha value is -4.65. The molecule has 14 heteroatoms. The van der Waals surface area contributed by atoms with Gasteiger partial charge in [0, 0.05) is 47.9 Å². The fourth-order valence-electron chi connectivity index (χ4n) is 5.09. The van der Waals surface area contributed by atoms with E-state index in [4.69, 9.17) is 26.1 Å². The van der Waals surface area contributed by atoms with Gasteiger partial charge >= 0.3 is 12.1 Å². The third-order valence-corrected chi connectivity index (χ3v) is 7.62. The van der Waals surface area contributed by atoms with Gasteiger partial charge in [0.15, 0.2) is 11.5 Å². The average Bonchev–Trinajstić information content (AvgIpc) is 3.42. The van der Waals surface area contributed by atoms with Crippen LogP contribution in [0.15, 0.2) is 54.9 Å². The number of phenols is 1. The topological polar surface area (TPSA) is 123 Å². The molecule has 0 atom stereocenters. The summed E-state index contributed by atoms with van der Waals surface area (Å²) >= 11 is 6.34. The standard InChI is InChI=1S/C30H28ClF3N4O6/c1-42-24-14-25(43-2)21(31)13-20(24)22-15-38-11-10-18(12-26(38)37-22)35-16-6-8-17(9-7-16)36-28(40)19-4-3-5-23(27(19)39)44-29(41)30(32,33)34/h3-5,10-17,35,39H,6-9H2,1-2H3,(H,36,40). The summed E-state index contributed by atoms with van der Waals surface area (Å²) in [7, 11) is 3.09. The number of benzene rings is 2. The van der Waals surface area contributed by atoms with Crippen molar-refractivity contribution in [1.29, 1.82) is 0 Å². The van der Waals surface area contributed by atoms with E-state index in [1.807, 2.05) is 28.9 Å². The van der Waals surface area contributed by atoms with Crippen LogP contribution in [0.25, 0.3) is 16.9 Å². The van der Waals surface area contributed by atoms with E-state index in [1.165, 1.54) is 19.2 Å². The Morgan fingerprint density at radius 3 is 2.39 bits per heavy atom. The average molecular weight is 633 g/mol. The molecule has 1 amide bonds. The number of aromatic hydroxyl groups is 1. The summed E-state index contributed by atoms with van der Waals surface area (Å²) in [5, 5.41) is 17.0. The number of halogens is 4. The summed E-state index contributed by atoms with van der Waals surface area (Å²) in [5.41, 5.74) is 2.69. The number of fused-ring (bicyclic) bond motifs is 1. The highest BCUT2D eigenvalue weighted by molar-refractivity contribution is 6.32. The number of hydrogen-bond acceptors (Lipinski definition) is 8. The molecule has 1 aliphatic carbocycles. The zero-order valence-corrected chi connectivity index (χ0v) is 24.3. The smallest absolute Gasteiger partial charge is 0.491 e. The predicted octanol–water partition coefficient (Wildman–Crippen LogP) is 6.00. The highest BCUT2D eigenvalue weighted by Crippen LogP contribution is 2.38. The first-order chi connectivity index (χ1) is 21.0. The molecule has 0 unspecified atom stereocenters. The van der Waals surface area contributed by atoms with Crippen molar-refractivity contribution in [3.63, 3.8) is 0 Å². The van der Waals surface area contributed by atoms with Crippen LogP contribution in [0.4, 0.5) is 18.9 Å². The Morgan fingerprint density at radius 2 is 1.70 bits per heavy atom. The Morgan fingerprint density at radius 1 is 1.00 bits per heavy atom. The second-order valence-corrected chi connectivity index (χ2v) is 10.6. The van der Waals surface area contributed by atoms with Gasteiger partial charge in [0.2, 0.25) is 0 Å². The zero-order valence-electron chi connectivity index (χ0n) is 23.6. The van der Waals surface area contributed by atoms with Gasteiger partial charge in [-0.1, -0.05) is 17.7 Å². The molecule has 2 aromatic carbocycles. The number of ether oxygens (including phenoxy) is 3. The molecule has 4 aromatic rings. The van der Waals surface area contributed by atoms with Crippen LogP contribution >= 0.6 is 11.6 Å². The molecular formula is C30H28ClF3N4O6. The monoisotopic (exact) mass is 632 g/mol. The molecule has 1 saturated carbocycles. The number of carbonyl (C=O) groups is 2. The van der Waals surface area contributed by atoms with Gasteiger partial charge in [-0.15, -0.1) is 0 Å². The zero-order chi connectivity index (χ0) is 31.6. The van der Waals surface area contributed by atoms with Crippen molar-refractivity contribution >= 4 is 34.8 Å². The number of aromatic nitrogens is 2. The molecule has 1 aliphatic rings. The van der Waals surface area contributed by atoms with Crippen LogP contribution in [0.1, 0.15) is 36.0 Å². The predicted molar refractivity (Wildman–Crippen MR) is 156 cm³/mol. The third-order valence-electron chi connectivity index (χ3n) is 7.32. The number of anilines is 1. The lowest BCUT2D eigenvalue weighted by Gasteiger charge is -2.30. The Bertz CT molecular complexity index is 1700. The number of nitrogens with one attached hydrogen (secondary N) is 2. The summed E-state index contributed by atoms with van der Waals surface area (Å²) < 4.78 is 54.5. The molecule has 44 heavy (non-hydrogen) atoms. The fourth-order valence-corrected chi connectivity index (χ4v) is 5.33. The van der Waals surface area contributed by atoms with Gasteiger partial charge < -0.3 is 34.4 Å². The van der Waals surface area contributed by atoms with Crippen molar-refractivity contribution in [2.24, 2.45) is 0 Å². The molecular weight excluding hydrogens is 605 g/mol. The second kappa shape index (κ2) is 12.5. The minimum absolute atomic E-state index is 0.124. The molecule has 10 nitrogen and oxygen atoms in total. The number of pyridine rings is 1. The first kappa shape index (κ1) is 30.8. The van der Waals surface area contributed by atoms with E-state index in [1.54, 1.807) is 19.2 Å². The summed E-state index contributed by atoms with van der Waals surface area (Å²) in [4.78, 5) is 28.7. The van der Waals surface area contributed by atoms with Crippen molar-refractivity contribution in [2.75, 3.05) is 19.5 Å². The molecule has 5 rings (SSSR count). The molecule has 2 aromatic heterocycles. The molecule has 3 N–H and O–H groups in total. The SMILES string of the molecule is COc1cc(OC)c(-c2cn3ccc(NC4CCC(NC(=O)c5cccc(OC(=O)C(F)(F)F)c5O)CC4)cc3n2)cc1Cl. The van der Waals surface area contributed by atoms with Crippen LogP contribution in [0.2, 0.25) is 5.02 Å². The maximum absolute atomic E-state index is 12.8. The summed E-state index contributed by atoms with van der Waals surface area (Å²) in [6, 6.07) is 10.7. The lowest BCUT2D eigenvalue weighted by atomic mass is 9.90. The molecule has 0 bridgehead atoms. The fraction of sp³-hybridized carbons (Fsp3) is 0.300. The Balaban J connectivity index is 1.19. The van der Waals surface area contributed by atoms with Gasteiger partial charge in [0.05, 0.1) is 30.5 Å². The lowest BCUT2D eigenvalue weighted by molar-refractivity contribution is -0.189. The van der Waals surface area contributed by atoms with Crippen LogP contribution < -0.4 is 24.8 Å². The first-order valence-corrected chi connectivity index (χ1v) is 13.9. The van der Waals surface area contributed by atoms with Crippen LogP contribution in [0.5, 0.6) is 23.0 Å². The minimum Gasteiger partial charge on any atom is -0.504 e. The van der Waals surface area contributed by atoms with Crippen LogP contribution in [0, 0.1) is 0 Å². The van der Waals surface area contributed by atoms with E-state index in [9.17, 15) is 27.9 Å². The molecule has 1 fully saturated rings. The highest BCUT2D eigenvalue weighted by atomic mass is 35.5. The van der Waals surface area contributed by atoms with E-state index < -0.39 is 29.6 Å². The van der Waals surface area contributed by atoms with E-state index in [0.29, 0.717) is 40.7 Å². The first-order valence-electron chi connectivity index (χ1n) is 13.6. The van der Waals surface area contributed by atoms with E-state index >= 15 is 0 Å². The maximum atomic E-state index is 12.8. The minimum atomic E-state index is -5.25. The van der Waals surface area contributed by atoms with E-state index in [-0.39, 0.29) is 17.6 Å². The van der Waals surface area contributed by atoms with Crippen molar-refractivity contribution in [2.45, 2.75) is 43.9 Å². The van der Waals surface area contributed by atoms with Gasteiger partial charge in [-0.2, -0.15) is 13.2 Å². The van der Waals surface area contributed by atoms with Crippen molar-refractivity contribution in [3.8, 4) is 34.3 Å². The summed E-state index contributed by atoms with van der Waals surface area (Å²) in [6.45, 7) is 0. The van der Waals surface area contributed by atoms with Gasteiger partial charge in [-0.25, -0.2) is 9.78 Å². The van der Waals surface area contributed by atoms with E-state index in [2.05, 4.69) is 15.4 Å². The summed E-state index contributed by atoms with van der Waals surface area (Å²) in [6.07, 6.45) is 1.23. The van der Waals surface area contributed by atoms with Gasteiger partial charge in [0.1, 0.15) is 17.1 Å². The Kier molecular flexibility index (Phi) is 8.77. The van der Waals surface area contributed by atoms with Gasteiger partial charge in [0.25, 0.3) is 5.91 Å². The largest absolute Gasteiger partial charge is 0.504 e. The second-order valence-electron chi connectivity index (χ2n) is 10.2. The van der Waals surface area contributed by atoms with Crippen LogP contribution in [-0.2, 0) is 4.79 Å². The van der Waals surface area contributed by atoms with Crippen molar-refractivity contribution in [1.82, 2.24) is 14.7 Å². The number of hydrogen-bond donors (Lipinski definition) is 3. The number of carbonyl (C=O) groups excluding carboxylic acids is 2. The number of amides is 1. The third kappa shape index (κ3) is 6.62. The number of imidazole rings is 1. The molecule has 232 valence electrons. The molecule has 0 aliphatic heterocycles. The van der Waals surface area contributed by atoms with Gasteiger partial charge in [-0.3, -0.25) is 4.79 Å². The molecule has 0 radical (unpaired) electrons. The molecule has 2 heterocycles. The van der Waals surface area contributed by atoms with Crippen molar-refractivity contribution < 1.29 is 42.1 Å². The number of phenolic OH excluding ortho intramolecular Hbond substituents is 1. The molecule has 0 spiro atoms. The molecule has 0 saturated heterocycles. The van der Waals surface area contributed by atoms with E-state index in [0.717, 1.165) is 30.2 Å². The number of methoxy groups -OCH3 is 2. The lowest BCUT2D eigenvalue weighted by Crippen LogP contribution is -2.40. The number of nitrogens with zero attached hydrogens (tertiary/aromatic N) is 2. The Labute approximate surface area is 254 Å².